The number of rotatable bonds is 4. The molecule has 2 heterocycles. The van der Waals surface area contributed by atoms with E-state index in [0.717, 1.165) is 16.4 Å². The molecular weight excluding hydrogens is 238 g/mol. The molecule has 2 aromatic heterocycles. The third-order valence-electron chi connectivity index (χ3n) is 2.41. The molecule has 2 rings (SSSR count). The number of aromatic amines is 1. The normalized spacial score (nSPS) is 10.5. The van der Waals surface area contributed by atoms with Gasteiger partial charge in [0.1, 0.15) is 5.69 Å². The average Bonchev–Trinajstić information content (AvgIpc) is 2.88. The molecule has 0 radical (unpaired) electrons. The highest BCUT2D eigenvalue weighted by atomic mass is 32.1. The standard InChI is InChI=1S/C10H13N5OS/c1-6-7(3-12-14-6)4-15(2)10-13-8(5-17-10)9(11)16/h3,5H,4H2,1-2H3,(H2,11,16)(H,12,14). The molecule has 0 spiro atoms. The van der Waals surface area contributed by atoms with Gasteiger partial charge in [-0.3, -0.25) is 9.89 Å². The summed E-state index contributed by atoms with van der Waals surface area (Å²) in [5.41, 5.74) is 7.60. The molecule has 0 saturated heterocycles. The Hall–Kier alpha value is -1.89. The summed E-state index contributed by atoms with van der Waals surface area (Å²) in [7, 11) is 1.91. The Morgan fingerprint density at radius 2 is 2.41 bits per heavy atom. The summed E-state index contributed by atoms with van der Waals surface area (Å²) < 4.78 is 0. The lowest BCUT2D eigenvalue weighted by Gasteiger charge is -2.14. The minimum Gasteiger partial charge on any atom is -0.364 e. The first kappa shape index (κ1) is 11.6. The fourth-order valence-electron chi connectivity index (χ4n) is 1.41. The van der Waals surface area contributed by atoms with Gasteiger partial charge in [0.15, 0.2) is 5.13 Å². The molecule has 2 aromatic rings. The zero-order valence-electron chi connectivity index (χ0n) is 9.60. The van der Waals surface area contributed by atoms with E-state index in [1.807, 2.05) is 18.9 Å². The van der Waals surface area contributed by atoms with Crippen LogP contribution < -0.4 is 10.6 Å². The van der Waals surface area contributed by atoms with Gasteiger partial charge in [0.25, 0.3) is 5.91 Å². The Bertz CT molecular complexity index is 532. The smallest absolute Gasteiger partial charge is 0.268 e. The lowest BCUT2D eigenvalue weighted by Crippen LogP contribution is -2.17. The van der Waals surface area contributed by atoms with E-state index < -0.39 is 5.91 Å². The van der Waals surface area contributed by atoms with Crippen molar-refractivity contribution in [2.75, 3.05) is 11.9 Å². The SMILES string of the molecule is Cc1[nH]ncc1CN(C)c1nc(C(N)=O)cs1. The molecule has 0 aliphatic carbocycles. The van der Waals surface area contributed by atoms with Crippen molar-refractivity contribution in [2.24, 2.45) is 5.73 Å². The van der Waals surface area contributed by atoms with E-state index in [4.69, 9.17) is 5.73 Å². The topological polar surface area (TPSA) is 87.9 Å². The number of nitrogens with one attached hydrogen (secondary N) is 1. The number of nitrogens with zero attached hydrogens (tertiary/aromatic N) is 3. The molecule has 7 heteroatoms. The molecule has 0 saturated carbocycles. The van der Waals surface area contributed by atoms with Gasteiger partial charge in [-0.25, -0.2) is 4.98 Å². The van der Waals surface area contributed by atoms with Crippen molar-refractivity contribution in [1.82, 2.24) is 15.2 Å². The van der Waals surface area contributed by atoms with Crippen molar-refractivity contribution in [1.29, 1.82) is 0 Å². The number of hydrogen-bond acceptors (Lipinski definition) is 5. The lowest BCUT2D eigenvalue weighted by molar-refractivity contribution is 0.0996. The Kier molecular flexibility index (Phi) is 3.10. The van der Waals surface area contributed by atoms with Crippen LogP contribution in [0.1, 0.15) is 21.7 Å². The van der Waals surface area contributed by atoms with Crippen molar-refractivity contribution >= 4 is 22.4 Å². The second-order valence-electron chi connectivity index (χ2n) is 3.76. The zero-order chi connectivity index (χ0) is 12.4. The number of primary amides is 1. The summed E-state index contributed by atoms with van der Waals surface area (Å²) in [6.45, 7) is 2.65. The molecule has 1 amide bonds. The number of carbonyl (C=O) groups excluding carboxylic acids is 1. The molecule has 0 aliphatic rings. The average molecular weight is 251 g/mol. The monoisotopic (exact) mass is 251 g/mol. The van der Waals surface area contributed by atoms with Crippen LogP contribution in [0.25, 0.3) is 0 Å². The Morgan fingerprint density at radius 1 is 1.65 bits per heavy atom. The molecule has 17 heavy (non-hydrogen) atoms. The van der Waals surface area contributed by atoms with Crippen molar-refractivity contribution in [2.45, 2.75) is 13.5 Å². The maximum absolute atomic E-state index is 10.9. The van der Waals surface area contributed by atoms with E-state index in [1.165, 1.54) is 11.3 Å². The van der Waals surface area contributed by atoms with Gasteiger partial charge >= 0.3 is 0 Å². The maximum Gasteiger partial charge on any atom is 0.268 e. The quantitative estimate of drug-likeness (QED) is 0.845. The van der Waals surface area contributed by atoms with E-state index in [-0.39, 0.29) is 0 Å². The number of nitrogens with two attached hydrogens (primary N) is 1. The number of amides is 1. The van der Waals surface area contributed by atoms with Gasteiger partial charge in [0.05, 0.1) is 6.20 Å². The van der Waals surface area contributed by atoms with Gasteiger partial charge in [-0.2, -0.15) is 5.10 Å². The van der Waals surface area contributed by atoms with Crippen molar-refractivity contribution in [3.05, 3.63) is 28.5 Å². The van der Waals surface area contributed by atoms with Crippen LogP contribution in [0.2, 0.25) is 0 Å². The van der Waals surface area contributed by atoms with Gasteiger partial charge in [-0.15, -0.1) is 11.3 Å². The summed E-state index contributed by atoms with van der Waals surface area (Å²) in [6, 6.07) is 0. The van der Waals surface area contributed by atoms with E-state index >= 15 is 0 Å². The molecule has 6 nitrogen and oxygen atoms in total. The Labute approximate surface area is 102 Å². The van der Waals surface area contributed by atoms with E-state index in [9.17, 15) is 4.79 Å². The number of thiazole rings is 1. The van der Waals surface area contributed by atoms with Crippen molar-refractivity contribution < 1.29 is 4.79 Å². The highest BCUT2D eigenvalue weighted by Crippen LogP contribution is 2.21. The van der Waals surface area contributed by atoms with Crippen LogP contribution in [-0.2, 0) is 6.54 Å². The summed E-state index contributed by atoms with van der Waals surface area (Å²) in [4.78, 5) is 17.1. The minimum absolute atomic E-state index is 0.306. The zero-order valence-corrected chi connectivity index (χ0v) is 10.4. The fourth-order valence-corrected chi connectivity index (χ4v) is 2.19. The molecule has 0 aromatic carbocycles. The van der Waals surface area contributed by atoms with Gasteiger partial charge in [0, 0.05) is 30.2 Å². The summed E-state index contributed by atoms with van der Waals surface area (Å²) in [6.07, 6.45) is 1.79. The largest absolute Gasteiger partial charge is 0.364 e. The second-order valence-corrected chi connectivity index (χ2v) is 4.59. The minimum atomic E-state index is -0.500. The van der Waals surface area contributed by atoms with E-state index in [0.29, 0.717) is 12.2 Å². The second kappa shape index (κ2) is 4.54. The van der Waals surface area contributed by atoms with Crippen LogP contribution in [0.3, 0.4) is 0 Å². The van der Waals surface area contributed by atoms with Gasteiger partial charge in [0.2, 0.25) is 0 Å². The molecule has 0 unspecified atom stereocenters. The number of carbonyl (C=O) groups is 1. The third kappa shape index (κ3) is 2.44. The first-order valence-corrected chi connectivity index (χ1v) is 5.91. The lowest BCUT2D eigenvalue weighted by atomic mass is 10.2. The van der Waals surface area contributed by atoms with Crippen LogP contribution in [0.15, 0.2) is 11.6 Å². The summed E-state index contributed by atoms with van der Waals surface area (Å²) in [5, 5.41) is 9.27. The molecule has 90 valence electrons. The highest BCUT2D eigenvalue weighted by Gasteiger charge is 2.12. The maximum atomic E-state index is 10.9. The Morgan fingerprint density at radius 3 is 2.94 bits per heavy atom. The molecule has 3 N–H and O–H groups in total. The predicted molar refractivity (Wildman–Crippen MR) is 66.1 cm³/mol. The van der Waals surface area contributed by atoms with Crippen molar-refractivity contribution in [3.8, 4) is 0 Å². The first-order valence-electron chi connectivity index (χ1n) is 5.03. The van der Waals surface area contributed by atoms with Crippen LogP contribution in [0, 0.1) is 6.92 Å². The van der Waals surface area contributed by atoms with Gasteiger partial charge in [-0.1, -0.05) is 0 Å². The van der Waals surface area contributed by atoms with Crippen molar-refractivity contribution in [3.63, 3.8) is 0 Å². The molecule has 0 atom stereocenters. The number of aryl methyl sites for hydroxylation is 1. The van der Waals surface area contributed by atoms with Crippen LogP contribution in [0.5, 0.6) is 0 Å². The third-order valence-corrected chi connectivity index (χ3v) is 3.37. The van der Waals surface area contributed by atoms with Crippen LogP contribution >= 0.6 is 11.3 Å². The van der Waals surface area contributed by atoms with E-state index in [2.05, 4.69) is 15.2 Å². The number of hydrogen-bond donors (Lipinski definition) is 2. The fraction of sp³-hybridized carbons (Fsp3) is 0.300. The molecular formula is C10H13N5OS. The van der Waals surface area contributed by atoms with Crippen LogP contribution in [0.4, 0.5) is 5.13 Å². The molecule has 0 fully saturated rings. The number of aromatic nitrogens is 3. The van der Waals surface area contributed by atoms with Crippen LogP contribution in [-0.4, -0.2) is 28.1 Å². The highest BCUT2D eigenvalue weighted by molar-refractivity contribution is 7.13. The Balaban J connectivity index is 2.12. The van der Waals surface area contributed by atoms with Gasteiger partial charge < -0.3 is 10.6 Å². The van der Waals surface area contributed by atoms with Gasteiger partial charge in [-0.05, 0) is 6.92 Å². The number of anilines is 1. The molecule has 0 aliphatic heterocycles. The predicted octanol–water partition coefficient (Wildman–Crippen LogP) is 0.910. The van der Waals surface area contributed by atoms with E-state index in [1.54, 1.807) is 11.6 Å². The summed E-state index contributed by atoms with van der Waals surface area (Å²) in [5.74, 6) is -0.500. The summed E-state index contributed by atoms with van der Waals surface area (Å²) >= 11 is 1.40. The number of H-pyrrole nitrogens is 1. The molecule has 0 bridgehead atoms. The first-order chi connectivity index (χ1) is 8.08.